The number of carbonyl (C=O) groups excluding carboxylic acids is 1. The van der Waals surface area contributed by atoms with Crippen LogP contribution in [-0.4, -0.2) is 19.6 Å². The summed E-state index contributed by atoms with van der Waals surface area (Å²) in [5.41, 5.74) is 1.27. The molecule has 0 aliphatic carbocycles. The lowest BCUT2D eigenvalue weighted by molar-refractivity contribution is 0.247. The van der Waals surface area contributed by atoms with Gasteiger partial charge in [0.05, 0.1) is 11.6 Å². The normalized spacial score (nSPS) is 9.47. The van der Waals surface area contributed by atoms with Crippen LogP contribution in [0, 0.1) is 11.3 Å². The van der Waals surface area contributed by atoms with Crippen molar-refractivity contribution < 1.29 is 4.79 Å². The third-order valence-electron chi connectivity index (χ3n) is 2.47. The van der Waals surface area contributed by atoms with E-state index < -0.39 is 0 Å². The Bertz CT molecular complexity index is 423. The van der Waals surface area contributed by atoms with Gasteiger partial charge in [0.25, 0.3) is 0 Å². The summed E-state index contributed by atoms with van der Waals surface area (Å²) >= 11 is 0. The molecule has 0 radical (unpaired) electrons. The van der Waals surface area contributed by atoms with Crippen LogP contribution in [0.4, 0.5) is 10.5 Å². The molecule has 0 aliphatic rings. The maximum absolute atomic E-state index is 11.7. The monoisotopic (exact) mass is 231 g/mol. The fraction of sp³-hybridized carbons (Fsp3) is 0.385. The van der Waals surface area contributed by atoms with E-state index in [1.54, 1.807) is 31.3 Å². The molecule has 90 valence electrons. The summed E-state index contributed by atoms with van der Waals surface area (Å²) in [4.78, 5) is 13.3. The number of carbonyl (C=O) groups is 1. The molecular formula is C13H17N3O. The van der Waals surface area contributed by atoms with Gasteiger partial charge in [0.15, 0.2) is 0 Å². The highest BCUT2D eigenvalue weighted by atomic mass is 16.2. The minimum absolute atomic E-state index is 0.145. The molecule has 0 spiro atoms. The van der Waals surface area contributed by atoms with Crippen molar-refractivity contribution in [2.75, 3.05) is 18.5 Å². The fourth-order valence-corrected chi connectivity index (χ4v) is 1.39. The van der Waals surface area contributed by atoms with E-state index in [0.29, 0.717) is 12.1 Å². The molecule has 4 heteroatoms. The SMILES string of the molecule is CCCCNC(=O)N(C)c1cccc(C#N)c1. The first-order valence-electron chi connectivity index (χ1n) is 5.70. The summed E-state index contributed by atoms with van der Waals surface area (Å²) in [7, 11) is 1.69. The van der Waals surface area contributed by atoms with Crippen molar-refractivity contribution in [2.24, 2.45) is 0 Å². The second-order valence-corrected chi connectivity index (χ2v) is 3.81. The average molecular weight is 231 g/mol. The number of hydrogen-bond donors (Lipinski definition) is 1. The van der Waals surface area contributed by atoms with E-state index in [2.05, 4.69) is 18.3 Å². The Morgan fingerprint density at radius 3 is 2.94 bits per heavy atom. The largest absolute Gasteiger partial charge is 0.338 e. The molecule has 1 aromatic carbocycles. The molecule has 0 heterocycles. The molecular weight excluding hydrogens is 214 g/mol. The van der Waals surface area contributed by atoms with E-state index in [-0.39, 0.29) is 6.03 Å². The van der Waals surface area contributed by atoms with Gasteiger partial charge in [-0.3, -0.25) is 4.90 Å². The minimum Gasteiger partial charge on any atom is -0.338 e. The topological polar surface area (TPSA) is 56.1 Å². The van der Waals surface area contributed by atoms with E-state index in [4.69, 9.17) is 5.26 Å². The lowest BCUT2D eigenvalue weighted by Crippen LogP contribution is -2.37. The lowest BCUT2D eigenvalue weighted by Gasteiger charge is -2.18. The number of nitriles is 1. The fourth-order valence-electron chi connectivity index (χ4n) is 1.39. The van der Waals surface area contributed by atoms with Gasteiger partial charge in [-0.15, -0.1) is 0 Å². The Morgan fingerprint density at radius 1 is 1.53 bits per heavy atom. The lowest BCUT2D eigenvalue weighted by atomic mass is 10.2. The molecule has 4 nitrogen and oxygen atoms in total. The first-order valence-corrected chi connectivity index (χ1v) is 5.70. The van der Waals surface area contributed by atoms with E-state index in [0.717, 1.165) is 18.5 Å². The molecule has 0 unspecified atom stereocenters. The molecule has 1 rings (SSSR count). The van der Waals surface area contributed by atoms with Crippen molar-refractivity contribution in [3.8, 4) is 6.07 Å². The molecule has 0 aromatic heterocycles. The Morgan fingerprint density at radius 2 is 2.29 bits per heavy atom. The highest BCUT2D eigenvalue weighted by Gasteiger charge is 2.09. The zero-order valence-corrected chi connectivity index (χ0v) is 10.2. The molecule has 2 amide bonds. The molecule has 0 fully saturated rings. The zero-order chi connectivity index (χ0) is 12.7. The number of anilines is 1. The first kappa shape index (κ1) is 13.0. The van der Waals surface area contributed by atoms with Crippen LogP contribution in [0.5, 0.6) is 0 Å². The van der Waals surface area contributed by atoms with E-state index in [1.807, 2.05) is 0 Å². The number of benzene rings is 1. The molecule has 17 heavy (non-hydrogen) atoms. The molecule has 0 aliphatic heterocycles. The summed E-state index contributed by atoms with van der Waals surface area (Å²) in [6.45, 7) is 2.75. The van der Waals surface area contributed by atoms with Crippen LogP contribution < -0.4 is 10.2 Å². The number of hydrogen-bond acceptors (Lipinski definition) is 2. The van der Waals surface area contributed by atoms with Crippen LogP contribution in [0.2, 0.25) is 0 Å². The second kappa shape index (κ2) is 6.54. The highest BCUT2D eigenvalue weighted by molar-refractivity contribution is 5.91. The Labute approximate surface area is 102 Å². The van der Waals surface area contributed by atoms with Crippen molar-refractivity contribution >= 4 is 11.7 Å². The van der Waals surface area contributed by atoms with Crippen LogP contribution in [0.25, 0.3) is 0 Å². The van der Waals surface area contributed by atoms with Crippen LogP contribution in [0.1, 0.15) is 25.3 Å². The molecule has 0 saturated carbocycles. The Kier molecular flexibility index (Phi) is 5.02. The summed E-state index contributed by atoms with van der Waals surface area (Å²) in [5, 5.41) is 11.6. The predicted molar refractivity (Wildman–Crippen MR) is 67.9 cm³/mol. The second-order valence-electron chi connectivity index (χ2n) is 3.81. The molecule has 1 aromatic rings. The van der Waals surface area contributed by atoms with Gasteiger partial charge in [-0.05, 0) is 24.6 Å². The zero-order valence-electron chi connectivity index (χ0n) is 10.2. The standard InChI is InChI=1S/C13H17N3O/c1-3-4-8-15-13(17)16(2)12-7-5-6-11(9-12)10-14/h5-7,9H,3-4,8H2,1-2H3,(H,15,17). The number of urea groups is 1. The van der Waals surface area contributed by atoms with Crippen LogP contribution in [0.3, 0.4) is 0 Å². The van der Waals surface area contributed by atoms with Gasteiger partial charge >= 0.3 is 6.03 Å². The van der Waals surface area contributed by atoms with Gasteiger partial charge in [-0.1, -0.05) is 19.4 Å². The Balaban J connectivity index is 2.65. The van der Waals surface area contributed by atoms with E-state index in [1.165, 1.54) is 4.90 Å². The van der Waals surface area contributed by atoms with Crippen molar-refractivity contribution in [1.82, 2.24) is 5.32 Å². The molecule has 0 bridgehead atoms. The number of nitrogens with one attached hydrogen (secondary N) is 1. The van der Waals surface area contributed by atoms with Gasteiger partial charge in [0, 0.05) is 19.3 Å². The number of rotatable bonds is 4. The first-order chi connectivity index (χ1) is 8.19. The predicted octanol–water partition coefficient (Wildman–Crippen LogP) is 2.50. The number of amides is 2. The third-order valence-corrected chi connectivity index (χ3v) is 2.47. The van der Waals surface area contributed by atoms with Crippen LogP contribution in [-0.2, 0) is 0 Å². The smallest absolute Gasteiger partial charge is 0.321 e. The summed E-state index contributed by atoms with van der Waals surface area (Å²) in [5.74, 6) is 0. The van der Waals surface area contributed by atoms with E-state index in [9.17, 15) is 4.79 Å². The highest BCUT2D eigenvalue weighted by Crippen LogP contribution is 2.14. The van der Waals surface area contributed by atoms with Gasteiger partial charge < -0.3 is 5.32 Å². The summed E-state index contributed by atoms with van der Waals surface area (Å²) < 4.78 is 0. The van der Waals surface area contributed by atoms with E-state index >= 15 is 0 Å². The van der Waals surface area contributed by atoms with Gasteiger partial charge in [-0.25, -0.2) is 4.79 Å². The van der Waals surface area contributed by atoms with Crippen molar-refractivity contribution in [3.63, 3.8) is 0 Å². The third kappa shape index (κ3) is 3.80. The molecule has 0 atom stereocenters. The van der Waals surface area contributed by atoms with Crippen LogP contribution >= 0.6 is 0 Å². The van der Waals surface area contributed by atoms with Gasteiger partial charge in [0.1, 0.15) is 0 Å². The average Bonchev–Trinajstić information content (AvgIpc) is 2.38. The van der Waals surface area contributed by atoms with Crippen molar-refractivity contribution in [3.05, 3.63) is 29.8 Å². The van der Waals surface area contributed by atoms with Gasteiger partial charge in [-0.2, -0.15) is 5.26 Å². The Hall–Kier alpha value is -2.02. The minimum atomic E-state index is -0.145. The van der Waals surface area contributed by atoms with Crippen molar-refractivity contribution in [2.45, 2.75) is 19.8 Å². The maximum atomic E-state index is 11.7. The quantitative estimate of drug-likeness (QED) is 0.809. The van der Waals surface area contributed by atoms with Crippen LogP contribution in [0.15, 0.2) is 24.3 Å². The molecule has 1 N–H and O–H groups in total. The van der Waals surface area contributed by atoms with Crippen molar-refractivity contribution in [1.29, 1.82) is 5.26 Å². The van der Waals surface area contributed by atoms with Gasteiger partial charge in [0.2, 0.25) is 0 Å². The summed E-state index contributed by atoms with van der Waals surface area (Å²) in [6.07, 6.45) is 2.02. The molecule has 0 saturated heterocycles. The maximum Gasteiger partial charge on any atom is 0.321 e. The summed E-state index contributed by atoms with van der Waals surface area (Å²) in [6, 6.07) is 8.89. The number of unbranched alkanes of at least 4 members (excludes halogenated alkanes) is 1. The number of nitrogens with zero attached hydrogens (tertiary/aromatic N) is 2.